The predicted molar refractivity (Wildman–Crippen MR) is 96.2 cm³/mol. The Morgan fingerprint density at radius 3 is 2.60 bits per heavy atom. The van der Waals surface area contributed by atoms with Crippen molar-refractivity contribution in [2.24, 2.45) is 0 Å². The van der Waals surface area contributed by atoms with E-state index in [1.54, 1.807) is 11.9 Å². The van der Waals surface area contributed by atoms with Crippen molar-refractivity contribution in [1.82, 2.24) is 15.0 Å². The van der Waals surface area contributed by atoms with Gasteiger partial charge in [-0.25, -0.2) is 0 Å². The van der Waals surface area contributed by atoms with Crippen LogP contribution in [-0.2, 0) is 6.54 Å². The number of benzene rings is 2. The Bertz CT molecular complexity index is 915. The standard InChI is InChI=1S/C20H21N3O2/c1-13-9-10-15(3)17(11-13)20(24)23(4)12-18-21-19(22-25-18)16-8-6-5-7-14(16)2/h5-11H,12H2,1-4H3. The molecule has 0 radical (unpaired) electrons. The Labute approximate surface area is 147 Å². The summed E-state index contributed by atoms with van der Waals surface area (Å²) in [6, 6.07) is 13.7. The molecule has 3 aromatic rings. The molecule has 0 aliphatic heterocycles. The van der Waals surface area contributed by atoms with Crippen LogP contribution in [0.25, 0.3) is 11.4 Å². The Balaban J connectivity index is 1.78. The molecule has 0 atom stereocenters. The highest BCUT2D eigenvalue weighted by Gasteiger charge is 2.18. The van der Waals surface area contributed by atoms with E-state index in [1.165, 1.54) is 0 Å². The van der Waals surface area contributed by atoms with Crippen molar-refractivity contribution < 1.29 is 9.32 Å². The van der Waals surface area contributed by atoms with E-state index in [0.717, 1.165) is 22.3 Å². The number of carbonyl (C=O) groups is 1. The molecule has 0 unspecified atom stereocenters. The van der Waals surface area contributed by atoms with Gasteiger partial charge in [-0.05, 0) is 38.0 Å². The number of rotatable bonds is 4. The molecule has 5 heteroatoms. The Hall–Kier alpha value is -2.95. The first-order valence-corrected chi connectivity index (χ1v) is 8.17. The molecular weight excluding hydrogens is 314 g/mol. The van der Waals surface area contributed by atoms with Crippen LogP contribution in [0.4, 0.5) is 0 Å². The Morgan fingerprint density at radius 2 is 1.84 bits per heavy atom. The maximum Gasteiger partial charge on any atom is 0.254 e. The van der Waals surface area contributed by atoms with E-state index in [1.807, 2.05) is 63.2 Å². The number of aromatic nitrogens is 2. The van der Waals surface area contributed by atoms with Gasteiger partial charge in [-0.15, -0.1) is 0 Å². The van der Waals surface area contributed by atoms with E-state index in [4.69, 9.17) is 4.52 Å². The second-order valence-corrected chi connectivity index (χ2v) is 6.31. The topological polar surface area (TPSA) is 59.2 Å². The van der Waals surface area contributed by atoms with Gasteiger partial charge < -0.3 is 9.42 Å². The van der Waals surface area contributed by atoms with Crippen molar-refractivity contribution in [1.29, 1.82) is 0 Å². The third-order valence-electron chi connectivity index (χ3n) is 4.20. The van der Waals surface area contributed by atoms with Crippen LogP contribution in [-0.4, -0.2) is 28.0 Å². The molecule has 0 saturated heterocycles. The number of amides is 1. The van der Waals surface area contributed by atoms with Crippen LogP contribution in [0.1, 0.15) is 32.9 Å². The lowest BCUT2D eigenvalue weighted by Gasteiger charge is -2.16. The first kappa shape index (κ1) is 16.9. The summed E-state index contributed by atoms with van der Waals surface area (Å²) in [5.74, 6) is 0.900. The van der Waals surface area contributed by atoms with E-state index in [0.29, 0.717) is 17.3 Å². The van der Waals surface area contributed by atoms with Crippen LogP contribution >= 0.6 is 0 Å². The van der Waals surface area contributed by atoms with E-state index in [9.17, 15) is 4.79 Å². The van der Waals surface area contributed by atoms with Gasteiger partial charge >= 0.3 is 0 Å². The summed E-state index contributed by atoms with van der Waals surface area (Å²) >= 11 is 0. The van der Waals surface area contributed by atoms with Crippen LogP contribution in [0, 0.1) is 20.8 Å². The molecule has 0 N–H and O–H groups in total. The highest BCUT2D eigenvalue weighted by molar-refractivity contribution is 5.95. The van der Waals surface area contributed by atoms with Crippen molar-refractivity contribution >= 4 is 5.91 Å². The second kappa shape index (κ2) is 6.89. The normalized spacial score (nSPS) is 10.7. The monoisotopic (exact) mass is 335 g/mol. The smallest absolute Gasteiger partial charge is 0.254 e. The van der Waals surface area contributed by atoms with Crippen molar-refractivity contribution in [2.75, 3.05) is 7.05 Å². The van der Waals surface area contributed by atoms with Gasteiger partial charge in [0.25, 0.3) is 5.91 Å². The maximum absolute atomic E-state index is 12.7. The molecular formula is C20H21N3O2. The Morgan fingerprint density at radius 1 is 1.08 bits per heavy atom. The predicted octanol–water partition coefficient (Wildman–Crippen LogP) is 3.93. The zero-order chi connectivity index (χ0) is 18.0. The van der Waals surface area contributed by atoms with Gasteiger partial charge in [0.05, 0.1) is 6.54 Å². The summed E-state index contributed by atoms with van der Waals surface area (Å²) in [6.07, 6.45) is 0. The number of hydrogen-bond donors (Lipinski definition) is 0. The molecule has 0 spiro atoms. The van der Waals surface area contributed by atoms with E-state index >= 15 is 0 Å². The molecule has 1 heterocycles. The van der Waals surface area contributed by atoms with Gasteiger partial charge in [-0.3, -0.25) is 4.79 Å². The van der Waals surface area contributed by atoms with Gasteiger partial charge in [0.1, 0.15) is 0 Å². The zero-order valence-electron chi connectivity index (χ0n) is 14.9. The minimum absolute atomic E-state index is 0.0585. The summed E-state index contributed by atoms with van der Waals surface area (Å²) in [4.78, 5) is 18.7. The second-order valence-electron chi connectivity index (χ2n) is 6.31. The number of carbonyl (C=O) groups excluding carboxylic acids is 1. The lowest BCUT2D eigenvalue weighted by molar-refractivity contribution is 0.0768. The van der Waals surface area contributed by atoms with Gasteiger partial charge in [0.2, 0.25) is 11.7 Å². The molecule has 0 bridgehead atoms. The minimum Gasteiger partial charge on any atom is -0.337 e. The summed E-state index contributed by atoms with van der Waals surface area (Å²) in [5.41, 5.74) is 4.72. The molecule has 0 saturated carbocycles. The van der Waals surface area contributed by atoms with E-state index in [2.05, 4.69) is 10.1 Å². The number of nitrogens with zero attached hydrogens (tertiary/aromatic N) is 3. The molecule has 0 aliphatic rings. The average Bonchev–Trinajstić information content (AvgIpc) is 3.05. The molecule has 3 rings (SSSR count). The lowest BCUT2D eigenvalue weighted by Crippen LogP contribution is -2.27. The molecule has 5 nitrogen and oxygen atoms in total. The van der Waals surface area contributed by atoms with Gasteiger partial charge in [-0.2, -0.15) is 4.98 Å². The largest absolute Gasteiger partial charge is 0.337 e. The SMILES string of the molecule is Cc1ccc(C)c(C(=O)N(C)Cc2nc(-c3ccccc3C)no2)c1. The van der Waals surface area contributed by atoms with E-state index < -0.39 is 0 Å². The third-order valence-corrected chi connectivity index (χ3v) is 4.20. The molecule has 0 aliphatic carbocycles. The quantitative estimate of drug-likeness (QED) is 0.725. The van der Waals surface area contributed by atoms with Crippen LogP contribution in [0.15, 0.2) is 47.0 Å². The average molecular weight is 335 g/mol. The van der Waals surface area contributed by atoms with Gasteiger partial charge in [0.15, 0.2) is 0 Å². The highest BCUT2D eigenvalue weighted by atomic mass is 16.5. The molecule has 128 valence electrons. The minimum atomic E-state index is -0.0585. The zero-order valence-corrected chi connectivity index (χ0v) is 14.9. The fraction of sp³-hybridized carbons (Fsp3) is 0.250. The van der Waals surface area contributed by atoms with Crippen molar-refractivity contribution in [3.05, 3.63) is 70.6 Å². The van der Waals surface area contributed by atoms with Crippen molar-refractivity contribution in [3.8, 4) is 11.4 Å². The summed E-state index contributed by atoms with van der Waals surface area (Å²) in [5, 5.41) is 4.04. The fourth-order valence-corrected chi connectivity index (χ4v) is 2.70. The fourth-order valence-electron chi connectivity index (χ4n) is 2.70. The number of hydrogen-bond acceptors (Lipinski definition) is 4. The van der Waals surface area contributed by atoms with E-state index in [-0.39, 0.29) is 12.5 Å². The first-order chi connectivity index (χ1) is 12.0. The van der Waals surface area contributed by atoms with Crippen molar-refractivity contribution in [3.63, 3.8) is 0 Å². The Kier molecular flexibility index (Phi) is 4.65. The number of aryl methyl sites for hydroxylation is 3. The first-order valence-electron chi connectivity index (χ1n) is 8.17. The summed E-state index contributed by atoms with van der Waals surface area (Å²) in [7, 11) is 1.74. The van der Waals surface area contributed by atoms with Gasteiger partial charge in [0, 0.05) is 18.2 Å². The van der Waals surface area contributed by atoms with Crippen molar-refractivity contribution in [2.45, 2.75) is 27.3 Å². The lowest BCUT2D eigenvalue weighted by atomic mass is 10.0. The molecule has 1 aromatic heterocycles. The van der Waals surface area contributed by atoms with Crippen LogP contribution < -0.4 is 0 Å². The third kappa shape index (κ3) is 3.60. The summed E-state index contributed by atoms with van der Waals surface area (Å²) < 4.78 is 5.33. The van der Waals surface area contributed by atoms with Crippen LogP contribution in [0.3, 0.4) is 0 Å². The molecule has 25 heavy (non-hydrogen) atoms. The van der Waals surface area contributed by atoms with Crippen LogP contribution in [0.5, 0.6) is 0 Å². The maximum atomic E-state index is 12.7. The van der Waals surface area contributed by atoms with Crippen LogP contribution in [0.2, 0.25) is 0 Å². The summed E-state index contributed by atoms with van der Waals surface area (Å²) in [6.45, 7) is 6.18. The van der Waals surface area contributed by atoms with Gasteiger partial charge in [-0.1, -0.05) is 47.1 Å². The highest BCUT2D eigenvalue weighted by Crippen LogP contribution is 2.20. The molecule has 1 amide bonds. The molecule has 2 aromatic carbocycles. The molecule has 0 fully saturated rings.